The van der Waals surface area contributed by atoms with Crippen molar-refractivity contribution in [2.24, 2.45) is 0 Å². The maximum absolute atomic E-state index is 12.8. The zero-order valence-electron chi connectivity index (χ0n) is 15.5. The van der Waals surface area contributed by atoms with Gasteiger partial charge in [0.2, 0.25) is 11.8 Å². The lowest BCUT2D eigenvalue weighted by atomic mass is 9.87. The van der Waals surface area contributed by atoms with Crippen LogP contribution in [-0.4, -0.2) is 26.0 Å². The first-order valence-electron chi connectivity index (χ1n) is 8.59. The van der Waals surface area contributed by atoms with Crippen LogP contribution in [0.15, 0.2) is 36.4 Å². The van der Waals surface area contributed by atoms with E-state index in [0.717, 1.165) is 16.7 Å². The van der Waals surface area contributed by atoms with Crippen molar-refractivity contribution in [3.8, 4) is 11.5 Å². The van der Waals surface area contributed by atoms with Crippen molar-refractivity contribution in [2.75, 3.05) is 19.1 Å². The summed E-state index contributed by atoms with van der Waals surface area (Å²) >= 11 is 0. The minimum absolute atomic E-state index is 0.156. The maximum atomic E-state index is 12.8. The molecule has 1 saturated heterocycles. The van der Waals surface area contributed by atoms with Crippen molar-refractivity contribution >= 4 is 17.5 Å². The summed E-state index contributed by atoms with van der Waals surface area (Å²) in [4.78, 5) is 26.9. The quantitative estimate of drug-likeness (QED) is 0.786. The molecule has 136 valence electrons. The van der Waals surface area contributed by atoms with E-state index in [1.54, 1.807) is 20.3 Å². The Morgan fingerprint density at radius 2 is 1.54 bits per heavy atom. The highest BCUT2D eigenvalue weighted by molar-refractivity contribution is 6.17. The third kappa shape index (κ3) is 3.29. The summed E-state index contributed by atoms with van der Waals surface area (Å²) < 4.78 is 10.6. The van der Waals surface area contributed by atoms with E-state index < -0.39 is 0 Å². The Bertz CT molecular complexity index is 841. The van der Waals surface area contributed by atoms with Gasteiger partial charge in [0, 0.05) is 18.8 Å². The number of methoxy groups -OCH3 is 2. The van der Waals surface area contributed by atoms with Gasteiger partial charge in [0.1, 0.15) is 0 Å². The number of carbonyl (C=O) groups excluding carboxylic acids is 2. The molecule has 0 N–H and O–H groups in total. The van der Waals surface area contributed by atoms with Gasteiger partial charge in [-0.2, -0.15) is 0 Å². The molecule has 1 aliphatic rings. The Kier molecular flexibility index (Phi) is 4.98. The smallest absolute Gasteiger partial charge is 0.234 e. The number of amides is 2. The molecule has 5 nitrogen and oxygen atoms in total. The number of piperidine rings is 1. The van der Waals surface area contributed by atoms with Gasteiger partial charge >= 0.3 is 0 Å². The number of carbonyl (C=O) groups is 2. The molecular weight excluding hydrogens is 330 g/mol. The zero-order valence-corrected chi connectivity index (χ0v) is 15.5. The van der Waals surface area contributed by atoms with Gasteiger partial charge < -0.3 is 9.47 Å². The second-order valence-corrected chi connectivity index (χ2v) is 6.63. The number of nitrogens with zero attached hydrogens (tertiary/aromatic N) is 1. The van der Waals surface area contributed by atoms with E-state index in [2.05, 4.69) is 0 Å². The molecule has 0 saturated carbocycles. The Morgan fingerprint density at radius 1 is 0.885 bits per heavy atom. The van der Waals surface area contributed by atoms with Crippen LogP contribution in [0.5, 0.6) is 11.5 Å². The van der Waals surface area contributed by atoms with Crippen molar-refractivity contribution in [1.82, 2.24) is 0 Å². The van der Waals surface area contributed by atoms with E-state index in [4.69, 9.17) is 9.47 Å². The molecule has 3 rings (SSSR count). The Hall–Kier alpha value is -2.82. The molecule has 0 unspecified atom stereocenters. The highest BCUT2D eigenvalue weighted by Crippen LogP contribution is 2.37. The molecule has 0 aliphatic carbocycles. The Labute approximate surface area is 153 Å². The topological polar surface area (TPSA) is 55.8 Å². The summed E-state index contributed by atoms with van der Waals surface area (Å²) in [5.74, 6) is 0.726. The van der Waals surface area contributed by atoms with Gasteiger partial charge in [-0.05, 0) is 48.7 Å². The average molecular weight is 353 g/mol. The highest BCUT2D eigenvalue weighted by atomic mass is 16.5. The second kappa shape index (κ2) is 7.20. The fourth-order valence-corrected chi connectivity index (χ4v) is 3.39. The lowest BCUT2D eigenvalue weighted by molar-refractivity contribution is -0.129. The number of anilines is 1. The first-order chi connectivity index (χ1) is 12.4. The Balaban J connectivity index is 1.88. The minimum Gasteiger partial charge on any atom is -0.493 e. The molecule has 0 spiro atoms. The monoisotopic (exact) mass is 353 g/mol. The average Bonchev–Trinajstić information content (AvgIpc) is 2.63. The molecule has 1 aliphatic heterocycles. The van der Waals surface area contributed by atoms with Gasteiger partial charge in [-0.15, -0.1) is 0 Å². The molecule has 5 heteroatoms. The standard InChI is InChI=1S/C21H23NO4/c1-13-5-6-14(2)17(9-13)22-20(23)11-16(12-21(22)24)15-7-8-18(25-3)19(10-15)26-4/h5-10,16H,11-12H2,1-4H3. The third-order valence-corrected chi connectivity index (χ3v) is 4.83. The van der Waals surface area contributed by atoms with Crippen LogP contribution < -0.4 is 14.4 Å². The first-order valence-corrected chi connectivity index (χ1v) is 8.59. The third-order valence-electron chi connectivity index (χ3n) is 4.83. The summed E-state index contributed by atoms with van der Waals surface area (Å²) in [5, 5.41) is 0. The van der Waals surface area contributed by atoms with Gasteiger partial charge in [-0.1, -0.05) is 18.2 Å². The fourth-order valence-electron chi connectivity index (χ4n) is 3.39. The summed E-state index contributed by atoms with van der Waals surface area (Å²) in [7, 11) is 3.15. The number of benzene rings is 2. The SMILES string of the molecule is COc1ccc(C2CC(=O)N(c3cc(C)ccc3C)C(=O)C2)cc1OC. The van der Waals surface area contributed by atoms with Crippen LogP contribution in [0, 0.1) is 13.8 Å². The lowest BCUT2D eigenvalue weighted by Gasteiger charge is -2.31. The van der Waals surface area contributed by atoms with Crippen LogP contribution in [-0.2, 0) is 9.59 Å². The van der Waals surface area contributed by atoms with Crippen LogP contribution in [0.25, 0.3) is 0 Å². The molecule has 2 amide bonds. The first kappa shape index (κ1) is 18.0. The largest absolute Gasteiger partial charge is 0.493 e. The predicted octanol–water partition coefficient (Wildman–Crippen LogP) is 3.76. The minimum atomic E-state index is -0.172. The molecule has 2 aromatic carbocycles. The van der Waals surface area contributed by atoms with Crippen molar-refractivity contribution in [1.29, 1.82) is 0 Å². The van der Waals surface area contributed by atoms with Gasteiger partial charge in [-0.3, -0.25) is 14.5 Å². The summed E-state index contributed by atoms with van der Waals surface area (Å²) in [6, 6.07) is 11.3. The summed E-state index contributed by atoms with van der Waals surface area (Å²) in [6.07, 6.45) is 0.573. The normalized spacial score (nSPS) is 15.3. The van der Waals surface area contributed by atoms with E-state index >= 15 is 0 Å². The molecule has 0 atom stereocenters. The summed E-state index contributed by atoms with van der Waals surface area (Å²) in [5.41, 5.74) is 3.53. The second-order valence-electron chi connectivity index (χ2n) is 6.63. The molecule has 0 bridgehead atoms. The summed E-state index contributed by atoms with van der Waals surface area (Å²) in [6.45, 7) is 3.87. The van der Waals surface area contributed by atoms with Gasteiger partial charge in [0.25, 0.3) is 0 Å². The van der Waals surface area contributed by atoms with Crippen LogP contribution in [0.4, 0.5) is 5.69 Å². The van der Waals surface area contributed by atoms with Crippen LogP contribution >= 0.6 is 0 Å². The van der Waals surface area contributed by atoms with Gasteiger partial charge in [-0.25, -0.2) is 0 Å². The number of aryl methyl sites for hydroxylation is 2. The number of rotatable bonds is 4. The predicted molar refractivity (Wildman–Crippen MR) is 99.9 cm³/mol. The molecular formula is C21H23NO4. The fraction of sp³-hybridized carbons (Fsp3) is 0.333. The number of ether oxygens (including phenoxy) is 2. The van der Waals surface area contributed by atoms with Crippen molar-refractivity contribution < 1.29 is 19.1 Å². The molecule has 26 heavy (non-hydrogen) atoms. The van der Waals surface area contributed by atoms with Gasteiger partial charge in [0.15, 0.2) is 11.5 Å². The molecule has 1 heterocycles. The maximum Gasteiger partial charge on any atom is 0.234 e. The van der Waals surface area contributed by atoms with E-state index in [1.807, 2.05) is 44.2 Å². The molecule has 2 aromatic rings. The molecule has 1 fully saturated rings. The van der Waals surface area contributed by atoms with Crippen LogP contribution in [0.1, 0.15) is 35.4 Å². The number of hydrogen-bond acceptors (Lipinski definition) is 4. The van der Waals surface area contributed by atoms with Crippen molar-refractivity contribution in [3.63, 3.8) is 0 Å². The van der Waals surface area contributed by atoms with Gasteiger partial charge in [0.05, 0.1) is 19.9 Å². The van der Waals surface area contributed by atoms with Crippen LogP contribution in [0.2, 0.25) is 0 Å². The Morgan fingerprint density at radius 3 is 2.15 bits per heavy atom. The van der Waals surface area contributed by atoms with E-state index in [0.29, 0.717) is 17.2 Å². The highest BCUT2D eigenvalue weighted by Gasteiger charge is 2.35. The van der Waals surface area contributed by atoms with E-state index in [9.17, 15) is 9.59 Å². The van der Waals surface area contributed by atoms with Crippen LogP contribution in [0.3, 0.4) is 0 Å². The van der Waals surface area contributed by atoms with E-state index in [1.165, 1.54) is 4.90 Å². The number of imide groups is 1. The lowest BCUT2D eigenvalue weighted by Crippen LogP contribution is -2.43. The zero-order chi connectivity index (χ0) is 18.8. The number of hydrogen-bond donors (Lipinski definition) is 0. The van der Waals surface area contributed by atoms with Crippen molar-refractivity contribution in [3.05, 3.63) is 53.1 Å². The molecule has 0 radical (unpaired) electrons. The van der Waals surface area contributed by atoms with E-state index in [-0.39, 0.29) is 30.6 Å². The molecule has 0 aromatic heterocycles. The van der Waals surface area contributed by atoms with Crippen molar-refractivity contribution in [2.45, 2.75) is 32.6 Å².